The van der Waals surface area contributed by atoms with Gasteiger partial charge in [0.15, 0.2) is 5.75 Å². The van der Waals surface area contributed by atoms with Gasteiger partial charge in [-0.25, -0.2) is 4.79 Å². The SMILES string of the molecule is CCOC(=O)CN(C(=O)Oc1ccc(OC)cc1)c1cc(Cl)c(Oc2ccc(OC)c(C(C)(C)C)c2)c(Cl)c1. The largest absolute Gasteiger partial charge is 0.497 e. The summed E-state index contributed by atoms with van der Waals surface area (Å²) in [6.07, 6.45) is -0.834. The lowest BCUT2D eigenvalue weighted by Crippen LogP contribution is -2.38. The highest BCUT2D eigenvalue weighted by molar-refractivity contribution is 6.37. The molecular weight excluding hydrogens is 545 g/mol. The Hall–Kier alpha value is -3.62. The first-order chi connectivity index (χ1) is 18.5. The van der Waals surface area contributed by atoms with Crippen LogP contribution in [-0.2, 0) is 14.9 Å². The summed E-state index contributed by atoms with van der Waals surface area (Å²) < 4.78 is 27.2. The van der Waals surface area contributed by atoms with Gasteiger partial charge in [-0.2, -0.15) is 0 Å². The average Bonchev–Trinajstić information content (AvgIpc) is 2.89. The van der Waals surface area contributed by atoms with Crippen molar-refractivity contribution in [3.8, 4) is 28.7 Å². The van der Waals surface area contributed by atoms with E-state index < -0.39 is 18.6 Å². The van der Waals surface area contributed by atoms with Gasteiger partial charge in [0.25, 0.3) is 0 Å². The third kappa shape index (κ3) is 7.71. The summed E-state index contributed by atoms with van der Waals surface area (Å²) in [7, 11) is 3.14. The molecule has 0 saturated carbocycles. The second kappa shape index (κ2) is 13.0. The van der Waals surface area contributed by atoms with E-state index in [4.69, 9.17) is 46.9 Å². The maximum absolute atomic E-state index is 13.1. The molecule has 0 aliphatic heterocycles. The van der Waals surface area contributed by atoms with Crippen LogP contribution in [0.1, 0.15) is 33.3 Å². The zero-order chi connectivity index (χ0) is 28.7. The third-order valence-corrected chi connectivity index (χ3v) is 6.13. The van der Waals surface area contributed by atoms with Crippen molar-refractivity contribution in [2.24, 2.45) is 0 Å². The van der Waals surface area contributed by atoms with Crippen LogP contribution in [0.25, 0.3) is 0 Å². The lowest BCUT2D eigenvalue weighted by Gasteiger charge is -2.24. The van der Waals surface area contributed by atoms with Crippen molar-refractivity contribution in [2.45, 2.75) is 33.1 Å². The molecule has 0 fully saturated rings. The Labute approximate surface area is 238 Å². The summed E-state index contributed by atoms with van der Waals surface area (Å²) in [5.41, 5.74) is 0.947. The van der Waals surface area contributed by atoms with Crippen LogP contribution in [-0.4, -0.2) is 39.4 Å². The molecule has 0 atom stereocenters. The van der Waals surface area contributed by atoms with E-state index in [2.05, 4.69) is 20.8 Å². The van der Waals surface area contributed by atoms with E-state index >= 15 is 0 Å². The summed E-state index contributed by atoms with van der Waals surface area (Å²) in [6, 6.07) is 14.8. The van der Waals surface area contributed by atoms with Gasteiger partial charge in [0.1, 0.15) is 29.5 Å². The molecule has 1 amide bonds. The van der Waals surface area contributed by atoms with Crippen LogP contribution >= 0.6 is 23.2 Å². The van der Waals surface area contributed by atoms with Crippen LogP contribution in [0.3, 0.4) is 0 Å². The number of amides is 1. The van der Waals surface area contributed by atoms with Gasteiger partial charge in [-0.1, -0.05) is 44.0 Å². The molecule has 10 heteroatoms. The predicted octanol–water partition coefficient (Wildman–Crippen LogP) is 7.67. The molecular formula is C29H31Cl2NO7. The molecule has 0 heterocycles. The number of hydrogen-bond acceptors (Lipinski definition) is 7. The van der Waals surface area contributed by atoms with Crippen molar-refractivity contribution >= 4 is 41.0 Å². The Morgan fingerprint density at radius 2 is 1.44 bits per heavy atom. The minimum absolute atomic E-state index is 0.122. The maximum Gasteiger partial charge on any atom is 0.420 e. The first kappa shape index (κ1) is 29.9. The summed E-state index contributed by atoms with van der Waals surface area (Å²) in [6.45, 7) is 7.57. The van der Waals surface area contributed by atoms with Crippen molar-refractivity contribution in [3.63, 3.8) is 0 Å². The normalized spacial score (nSPS) is 11.0. The van der Waals surface area contributed by atoms with Gasteiger partial charge in [-0.15, -0.1) is 0 Å². The molecule has 0 spiro atoms. The number of esters is 1. The Morgan fingerprint density at radius 3 is 1.97 bits per heavy atom. The van der Waals surface area contributed by atoms with E-state index in [0.717, 1.165) is 16.2 Å². The molecule has 3 rings (SSSR count). The number of nitrogens with zero attached hydrogens (tertiary/aromatic N) is 1. The monoisotopic (exact) mass is 575 g/mol. The summed E-state index contributed by atoms with van der Waals surface area (Å²) in [5.74, 6) is 1.63. The number of carbonyl (C=O) groups excluding carboxylic acids is 2. The van der Waals surface area contributed by atoms with Crippen molar-refractivity contribution in [2.75, 3.05) is 32.3 Å². The van der Waals surface area contributed by atoms with Crippen molar-refractivity contribution < 1.29 is 33.3 Å². The van der Waals surface area contributed by atoms with Gasteiger partial charge in [0, 0.05) is 5.56 Å². The molecule has 208 valence electrons. The molecule has 0 aliphatic rings. The molecule has 0 saturated heterocycles. The average molecular weight is 576 g/mol. The topological polar surface area (TPSA) is 83.5 Å². The number of halogens is 2. The first-order valence-corrected chi connectivity index (χ1v) is 12.9. The number of carbonyl (C=O) groups is 2. The number of benzene rings is 3. The van der Waals surface area contributed by atoms with E-state index in [1.807, 2.05) is 12.1 Å². The molecule has 0 aliphatic carbocycles. The van der Waals surface area contributed by atoms with Gasteiger partial charge in [-0.3, -0.25) is 9.69 Å². The highest BCUT2D eigenvalue weighted by Crippen LogP contribution is 2.42. The summed E-state index contributed by atoms with van der Waals surface area (Å²) >= 11 is 13.1. The fraction of sp³-hybridized carbons (Fsp3) is 0.310. The Kier molecular flexibility index (Phi) is 9.94. The van der Waals surface area contributed by atoms with Crippen LogP contribution in [0, 0.1) is 0 Å². The van der Waals surface area contributed by atoms with E-state index in [9.17, 15) is 9.59 Å². The van der Waals surface area contributed by atoms with Crippen LogP contribution in [0.2, 0.25) is 10.0 Å². The minimum Gasteiger partial charge on any atom is -0.497 e. The quantitative estimate of drug-likeness (QED) is 0.242. The Bertz CT molecular complexity index is 1300. The molecule has 0 radical (unpaired) electrons. The van der Waals surface area contributed by atoms with Crippen LogP contribution in [0.4, 0.5) is 10.5 Å². The lowest BCUT2D eigenvalue weighted by molar-refractivity contribution is -0.141. The second-order valence-corrected chi connectivity index (χ2v) is 10.2. The maximum atomic E-state index is 13.1. The molecule has 0 bridgehead atoms. The van der Waals surface area contributed by atoms with E-state index in [-0.39, 0.29) is 39.3 Å². The fourth-order valence-corrected chi connectivity index (χ4v) is 4.20. The lowest BCUT2D eigenvalue weighted by atomic mass is 9.86. The van der Waals surface area contributed by atoms with Gasteiger partial charge in [0.2, 0.25) is 0 Å². The van der Waals surface area contributed by atoms with Gasteiger partial charge < -0.3 is 23.7 Å². The van der Waals surface area contributed by atoms with E-state index in [1.54, 1.807) is 44.4 Å². The minimum atomic E-state index is -0.834. The fourth-order valence-electron chi connectivity index (χ4n) is 3.65. The third-order valence-electron chi connectivity index (χ3n) is 5.57. The molecule has 3 aromatic carbocycles. The number of ether oxygens (including phenoxy) is 5. The van der Waals surface area contributed by atoms with E-state index in [0.29, 0.717) is 11.5 Å². The second-order valence-electron chi connectivity index (χ2n) is 9.39. The number of methoxy groups -OCH3 is 2. The predicted molar refractivity (Wildman–Crippen MR) is 151 cm³/mol. The standard InChI is InChI=1S/C29H31Cl2NO7/c1-7-37-26(33)17-32(28(34)39-20-10-8-19(35-5)9-11-20)18-14-23(30)27(24(31)15-18)38-21-12-13-25(36-6)22(16-21)29(2,3)4/h8-16H,7,17H2,1-6H3. The summed E-state index contributed by atoms with van der Waals surface area (Å²) in [4.78, 5) is 26.5. The molecule has 39 heavy (non-hydrogen) atoms. The number of hydrogen-bond donors (Lipinski definition) is 0. The van der Waals surface area contributed by atoms with Gasteiger partial charge in [0.05, 0.1) is 36.6 Å². The first-order valence-electron chi connectivity index (χ1n) is 12.1. The Balaban J connectivity index is 1.93. The highest BCUT2D eigenvalue weighted by Gasteiger charge is 2.25. The summed E-state index contributed by atoms with van der Waals surface area (Å²) in [5, 5.41) is 0.244. The molecule has 0 N–H and O–H groups in total. The smallest absolute Gasteiger partial charge is 0.420 e. The van der Waals surface area contributed by atoms with Gasteiger partial charge in [-0.05, 0) is 66.9 Å². The highest BCUT2D eigenvalue weighted by atomic mass is 35.5. The Morgan fingerprint density at radius 1 is 0.846 bits per heavy atom. The van der Waals surface area contributed by atoms with Crippen molar-refractivity contribution in [1.29, 1.82) is 0 Å². The van der Waals surface area contributed by atoms with Crippen molar-refractivity contribution in [1.82, 2.24) is 0 Å². The number of anilines is 1. The molecule has 0 unspecified atom stereocenters. The van der Waals surface area contributed by atoms with Crippen LogP contribution in [0.5, 0.6) is 28.7 Å². The zero-order valence-electron chi connectivity index (χ0n) is 22.7. The van der Waals surface area contributed by atoms with Gasteiger partial charge >= 0.3 is 12.1 Å². The molecule has 8 nitrogen and oxygen atoms in total. The molecule has 3 aromatic rings. The van der Waals surface area contributed by atoms with Crippen LogP contribution < -0.4 is 23.8 Å². The van der Waals surface area contributed by atoms with Crippen LogP contribution in [0.15, 0.2) is 54.6 Å². The zero-order valence-corrected chi connectivity index (χ0v) is 24.2. The van der Waals surface area contributed by atoms with E-state index in [1.165, 1.54) is 19.2 Å². The van der Waals surface area contributed by atoms with Crippen molar-refractivity contribution in [3.05, 3.63) is 70.2 Å². The number of rotatable bonds is 9. The molecule has 0 aromatic heterocycles.